The smallest absolute Gasteiger partial charge is 0.157 e. The maximum absolute atomic E-state index is 4.70. The lowest BCUT2D eigenvalue weighted by molar-refractivity contribution is 0.267. The van der Waals surface area contributed by atoms with Crippen molar-refractivity contribution in [1.29, 1.82) is 0 Å². The summed E-state index contributed by atoms with van der Waals surface area (Å²) in [5, 5.41) is 9.43. The van der Waals surface area contributed by atoms with Crippen LogP contribution in [0.1, 0.15) is 43.4 Å². The summed E-state index contributed by atoms with van der Waals surface area (Å²) in [7, 11) is 1.97. The molecule has 1 saturated carbocycles. The van der Waals surface area contributed by atoms with Gasteiger partial charge in [-0.05, 0) is 44.4 Å². The second kappa shape index (κ2) is 4.29. The number of nitrogens with zero attached hydrogens (tertiary/aromatic N) is 3. The van der Waals surface area contributed by atoms with E-state index < -0.39 is 0 Å². The highest BCUT2D eigenvalue weighted by atomic mass is 15.3. The van der Waals surface area contributed by atoms with Gasteiger partial charge in [-0.3, -0.25) is 4.68 Å². The van der Waals surface area contributed by atoms with E-state index in [9.17, 15) is 0 Å². The molecule has 2 fully saturated rings. The third-order valence-electron chi connectivity index (χ3n) is 5.43. The minimum atomic E-state index is 0.321. The van der Waals surface area contributed by atoms with Crippen molar-refractivity contribution in [3.63, 3.8) is 0 Å². The highest BCUT2D eigenvalue weighted by molar-refractivity contribution is 5.79. The fourth-order valence-corrected chi connectivity index (χ4v) is 4.38. The molecule has 2 atom stereocenters. The SMILES string of the molecule is Cc1nn(C)c2ncc(C34CCCCC3NCC4)cc12. The van der Waals surface area contributed by atoms with Gasteiger partial charge in [-0.15, -0.1) is 0 Å². The highest BCUT2D eigenvalue weighted by Crippen LogP contribution is 2.45. The van der Waals surface area contributed by atoms with Gasteiger partial charge in [0.15, 0.2) is 5.65 Å². The largest absolute Gasteiger partial charge is 0.313 e. The van der Waals surface area contributed by atoms with Crippen LogP contribution in [0.3, 0.4) is 0 Å². The van der Waals surface area contributed by atoms with Crippen LogP contribution < -0.4 is 5.32 Å². The second-order valence-corrected chi connectivity index (χ2v) is 6.46. The van der Waals surface area contributed by atoms with E-state index in [1.165, 1.54) is 43.1 Å². The van der Waals surface area contributed by atoms with Crippen molar-refractivity contribution in [3.8, 4) is 0 Å². The number of aromatic nitrogens is 3. The summed E-state index contributed by atoms with van der Waals surface area (Å²) in [6.07, 6.45) is 8.68. The standard InChI is InChI=1S/C16H22N4/c1-11-13-9-12(10-18-15(13)20(2)19-11)16-6-4-3-5-14(16)17-8-7-16/h9-10,14,17H,3-8H2,1-2H3. The van der Waals surface area contributed by atoms with Gasteiger partial charge in [0.05, 0.1) is 5.69 Å². The van der Waals surface area contributed by atoms with E-state index in [1.54, 1.807) is 0 Å². The third-order valence-corrected chi connectivity index (χ3v) is 5.43. The molecule has 4 nitrogen and oxygen atoms in total. The average Bonchev–Trinajstić information content (AvgIpc) is 3.02. The first-order valence-electron chi connectivity index (χ1n) is 7.74. The van der Waals surface area contributed by atoms with Gasteiger partial charge in [-0.1, -0.05) is 12.8 Å². The van der Waals surface area contributed by atoms with Crippen LogP contribution in [0.4, 0.5) is 0 Å². The molecule has 2 aromatic rings. The molecule has 1 aliphatic heterocycles. The Labute approximate surface area is 119 Å². The molecule has 4 rings (SSSR count). The lowest BCUT2D eigenvalue weighted by atomic mass is 9.67. The first-order chi connectivity index (χ1) is 9.71. The Kier molecular flexibility index (Phi) is 2.64. The zero-order chi connectivity index (χ0) is 13.7. The van der Waals surface area contributed by atoms with Gasteiger partial charge >= 0.3 is 0 Å². The molecule has 106 valence electrons. The van der Waals surface area contributed by atoms with E-state index in [-0.39, 0.29) is 0 Å². The van der Waals surface area contributed by atoms with Crippen molar-refractivity contribution < 1.29 is 0 Å². The van der Waals surface area contributed by atoms with Crippen molar-refractivity contribution in [3.05, 3.63) is 23.5 Å². The Bertz CT molecular complexity index is 660. The number of pyridine rings is 1. The molecule has 0 aromatic carbocycles. The molecule has 1 N–H and O–H groups in total. The third kappa shape index (κ3) is 1.57. The number of hydrogen-bond donors (Lipinski definition) is 1. The Balaban J connectivity index is 1.87. The van der Waals surface area contributed by atoms with Crippen LogP contribution in [0.25, 0.3) is 11.0 Å². The first kappa shape index (κ1) is 12.3. The normalized spacial score (nSPS) is 29.8. The van der Waals surface area contributed by atoms with Crippen LogP contribution in [0, 0.1) is 6.92 Å². The predicted octanol–water partition coefficient (Wildman–Crippen LogP) is 2.45. The predicted molar refractivity (Wildman–Crippen MR) is 79.8 cm³/mol. The summed E-state index contributed by atoms with van der Waals surface area (Å²) in [4.78, 5) is 4.70. The van der Waals surface area contributed by atoms with Crippen LogP contribution in [0.15, 0.2) is 12.3 Å². The van der Waals surface area contributed by atoms with Crippen LogP contribution in [-0.4, -0.2) is 27.4 Å². The quantitative estimate of drug-likeness (QED) is 0.865. The number of nitrogens with one attached hydrogen (secondary N) is 1. The van der Waals surface area contributed by atoms with Crippen molar-refractivity contribution in [1.82, 2.24) is 20.1 Å². The molecule has 4 heteroatoms. The Hall–Kier alpha value is -1.42. The summed E-state index contributed by atoms with van der Waals surface area (Å²) < 4.78 is 1.89. The van der Waals surface area contributed by atoms with Gasteiger partial charge in [-0.2, -0.15) is 5.10 Å². The Morgan fingerprint density at radius 1 is 1.35 bits per heavy atom. The molecule has 2 unspecified atom stereocenters. The molecule has 1 aliphatic carbocycles. The Morgan fingerprint density at radius 3 is 3.15 bits per heavy atom. The van der Waals surface area contributed by atoms with E-state index in [0.29, 0.717) is 11.5 Å². The summed E-state index contributed by atoms with van der Waals surface area (Å²) in [6, 6.07) is 3.00. The monoisotopic (exact) mass is 270 g/mol. The molecule has 2 aliphatic rings. The maximum atomic E-state index is 4.70. The van der Waals surface area contributed by atoms with E-state index in [2.05, 4.69) is 29.6 Å². The van der Waals surface area contributed by atoms with E-state index >= 15 is 0 Å². The fraction of sp³-hybridized carbons (Fsp3) is 0.625. The minimum Gasteiger partial charge on any atom is -0.313 e. The topological polar surface area (TPSA) is 42.7 Å². The average molecular weight is 270 g/mol. The van der Waals surface area contributed by atoms with Crippen molar-refractivity contribution in [2.75, 3.05) is 6.54 Å². The molecule has 0 bridgehead atoms. The molecule has 0 spiro atoms. The number of hydrogen-bond acceptors (Lipinski definition) is 3. The summed E-state index contributed by atoms with van der Waals surface area (Å²) in [5.41, 5.74) is 3.84. The molecule has 3 heterocycles. The fourth-order valence-electron chi connectivity index (χ4n) is 4.38. The molecule has 20 heavy (non-hydrogen) atoms. The molecular formula is C16H22N4. The minimum absolute atomic E-state index is 0.321. The van der Waals surface area contributed by atoms with E-state index in [4.69, 9.17) is 4.98 Å². The molecule has 2 aromatic heterocycles. The van der Waals surface area contributed by atoms with Crippen LogP contribution >= 0.6 is 0 Å². The lowest BCUT2D eigenvalue weighted by Crippen LogP contribution is -2.42. The Morgan fingerprint density at radius 2 is 2.25 bits per heavy atom. The zero-order valence-electron chi connectivity index (χ0n) is 12.3. The first-order valence-corrected chi connectivity index (χ1v) is 7.74. The van der Waals surface area contributed by atoms with Gasteiger partial charge in [0.2, 0.25) is 0 Å². The zero-order valence-corrected chi connectivity index (χ0v) is 12.3. The van der Waals surface area contributed by atoms with Gasteiger partial charge in [0.25, 0.3) is 0 Å². The molecule has 0 radical (unpaired) electrons. The van der Waals surface area contributed by atoms with Crippen molar-refractivity contribution in [2.45, 2.75) is 50.5 Å². The van der Waals surface area contributed by atoms with Gasteiger partial charge in [0, 0.05) is 30.1 Å². The highest BCUT2D eigenvalue weighted by Gasteiger charge is 2.45. The molecule has 1 saturated heterocycles. The maximum Gasteiger partial charge on any atom is 0.157 e. The summed E-state index contributed by atoms with van der Waals surface area (Å²) in [6.45, 7) is 3.23. The molecular weight excluding hydrogens is 248 g/mol. The van der Waals surface area contributed by atoms with Crippen molar-refractivity contribution in [2.24, 2.45) is 7.05 Å². The van der Waals surface area contributed by atoms with Crippen LogP contribution in [0.5, 0.6) is 0 Å². The van der Waals surface area contributed by atoms with E-state index in [1.807, 2.05) is 11.7 Å². The number of rotatable bonds is 1. The summed E-state index contributed by atoms with van der Waals surface area (Å²) in [5.74, 6) is 0. The van der Waals surface area contributed by atoms with Gasteiger partial charge in [0.1, 0.15) is 0 Å². The molecule has 0 amide bonds. The second-order valence-electron chi connectivity index (χ2n) is 6.46. The van der Waals surface area contributed by atoms with Crippen molar-refractivity contribution >= 4 is 11.0 Å². The van der Waals surface area contributed by atoms with Gasteiger partial charge in [-0.25, -0.2) is 4.98 Å². The number of fused-ring (bicyclic) bond motifs is 2. The van der Waals surface area contributed by atoms with Crippen LogP contribution in [-0.2, 0) is 12.5 Å². The number of aryl methyl sites for hydroxylation is 2. The lowest BCUT2D eigenvalue weighted by Gasteiger charge is -2.39. The van der Waals surface area contributed by atoms with Gasteiger partial charge < -0.3 is 5.32 Å². The van der Waals surface area contributed by atoms with E-state index in [0.717, 1.165) is 17.9 Å². The summed E-state index contributed by atoms with van der Waals surface area (Å²) >= 11 is 0. The van der Waals surface area contributed by atoms with Crippen LogP contribution in [0.2, 0.25) is 0 Å².